The second kappa shape index (κ2) is 6.70. The van der Waals surface area contributed by atoms with E-state index in [1.54, 1.807) is 29.4 Å². The monoisotopic (exact) mass is 352 g/mol. The predicted molar refractivity (Wildman–Crippen MR) is 97.6 cm³/mol. The fourth-order valence-corrected chi connectivity index (χ4v) is 3.50. The van der Waals surface area contributed by atoms with Crippen molar-refractivity contribution in [2.24, 2.45) is 0 Å². The summed E-state index contributed by atoms with van der Waals surface area (Å²) in [6, 6.07) is 5.04. The molecule has 0 spiro atoms. The third-order valence-corrected chi connectivity index (χ3v) is 4.72. The van der Waals surface area contributed by atoms with E-state index in [4.69, 9.17) is 0 Å². The topological polar surface area (TPSA) is 91.3 Å². The summed E-state index contributed by atoms with van der Waals surface area (Å²) in [7, 11) is 0. The molecule has 2 aromatic rings. The van der Waals surface area contributed by atoms with E-state index in [1.165, 1.54) is 0 Å². The second-order valence-corrected chi connectivity index (χ2v) is 6.47. The summed E-state index contributed by atoms with van der Waals surface area (Å²) in [5, 5.41) is 2.73. The molecule has 8 nitrogen and oxygen atoms in total. The van der Waals surface area contributed by atoms with Gasteiger partial charge in [0.15, 0.2) is 11.6 Å². The number of ketones is 1. The van der Waals surface area contributed by atoms with Gasteiger partial charge >= 0.3 is 6.03 Å². The Hall–Kier alpha value is -3.03. The zero-order valence-electron chi connectivity index (χ0n) is 14.6. The van der Waals surface area contributed by atoms with E-state index in [-0.39, 0.29) is 23.8 Å². The fraction of sp³-hybridized carbons (Fsp3) is 0.389. The first-order valence-electron chi connectivity index (χ1n) is 8.84. The molecule has 0 saturated carbocycles. The highest BCUT2D eigenvalue weighted by atomic mass is 16.2. The van der Waals surface area contributed by atoms with Gasteiger partial charge in [-0.2, -0.15) is 0 Å². The largest absolute Gasteiger partial charge is 0.366 e. The number of Topliss-reactive ketones (excluding diaryl/α,β-unsaturated/α-hetero) is 1. The molecule has 2 aliphatic heterocycles. The maximum Gasteiger partial charge on any atom is 0.330 e. The Balaban J connectivity index is 1.68. The smallest absolute Gasteiger partial charge is 0.330 e. The van der Waals surface area contributed by atoms with Crippen LogP contribution in [0.2, 0.25) is 0 Å². The highest BCUT2D eigenvalue weighted by molar-refractivity contribution is 6.04. The standard InChI is InChI=1S/C18H20N6O2/c1-2-4-15(25)13-5-6-14-16(21-13)24(12-7-10-23(14)11-12)18(26)22-17-19-8-3-9-20-17/h3,5-6,8-9,12H,2,4,7,10-11H2,1H3,(H,19,20,22,26). The molecule has 26 heavy (non-hydrogen) atoms. The van der Waals surface area contributed by atoms with Gasteiger partial charge in [-0.1, -0.05) is 6.92 Å². The Morgan fingerprint density at radius 3 is 2.85 bits per heavy atom. The van der Waals surface area contributed by atoms with Crippen LogP contribution >= 0.6 is 0 Å². The normalized spacial score (nSPS) is 17.8. The zero-order chi connectivity index (χ0) is 18.1. The number of amides is 2. The van der Waals surface area contributed by atoms with Gasteiger partial charge in [0, 0.05) is 31.9 Å². The quantitative estimate of drug-likeness (QED) is 0.850. The lowest BCUT2D eigenvalue weighted by atomic mass is 10.1. The number of rotatable bonds is 4. The van der Waals surface area contributed by atoms with Crippen LogP contribution < -0.4 is 15.1 Å². The number of nitrogens with zero attached hydrogens (tertiary/aromatic N) is 5. The average Bonchev–Trinajstić information content (AvgIpc) is 3.07. The number of fused-ring (bicyclic) bond motifs is 4. The van der Waals surface area contributed by atoms with Gasteiger partial charge in [0.1, 0.15) is 5.69 Å². The van der Waals surface area contributed by atoms with Crippen LogP contribution in [0.3, 0.4) is 0 Å². The summed E-state index contributed by atoms with van der Waals surface area (Å²) in [6.45, 7) is 3.59. The van der Waals surface area contributed by atoms with Gasteiger partial charge < -0.3 is 4.90 Å². The molecule has 2 bridgehead atoms. The molecule has 134 valence electrons. The minimum atomic E-state index is -0.323. The Kier molecular flexibility index (Phi) is 4.24. The first kappa shape index (κ1) is 16.4. The highest BCUT2D eigenvalue weighted by Crippen LogP contribution is 2.39. The number of hydrogen-bond donors (Lipinski definition) is 1. The van der Waals surface area contributed by atoms with E-state index >= 15 is 0 Å². The maximum atomic E-state index is 12.9. The van der Waals surface area contributed by atoms with Gasteiger partial charge in [-0.25, -0.2) is 19.7 Å². The first-order valence-corrected chi connectivity index (χ1v) is 8.84. The molecule has 1 saturated heterocycles. The molecule has 4 rings (SSSR count). The molecule has 2 aromatic heterocycles. The number of aromatic nitrogens is 3. The molecule has 4 heterocycles. The van der Waals surface area contributed by atoms with Gasteiger partial charge in [-0.15, -0.1) is 0 Å². The van der Waals surface area contributed by atoms with Crippen LogP contribution in [-0.2, 0) is 0 Å². The molecule has 0 radical (unpaired) electrons. The van der Waals surface area contributed by atoms with Gasteiger partial charge in [0.25, 0.3) is 0 Å². The minimum absolute atomic E-state index is 0.00466. The second-order valence-electron chi connectivity index (χ2n) is 6.47. The predicted octanol–water partition coefficient (Wildman–Crippen LogP) is 2.49. The summed E-state index contributed by atoms with van der Waals surface area (Å²) in [6.07, 6.45) is 5.22. The summed E-state index contributed by atoms with van der Waals surface area (Å²) in [4.78, 5) is 41.7. The zero-order valence-corrected chi connectivity index (χ0v) is 14.6. The number of urea groups is 1. The summed E-state index contributed by atoms with van der Waals surface area (Å²) in [5.41, 5.74) is 1.29. The Bertz CT molecular complexity index is 841. The van der Waals surface area contributed by atoms with E-state index in [9.17, 15) is 9.59 Å². The molecule has 8 heteroatoms. The lowest BCUT2D eigenvalue weighted by molar-refractivity contribution is 0.0977. The lowest BCUT2D eigenvalue weighted by Gasteiger charge is -2.35. The lowest BCUT2D eigenvalue weighted by Crippen LogP contribution is -2.48. The Morgan fingerprint density at radius 2 is 2.08 bits per heavy atom. The summed E-state index contributed by atoms with van der Waals surface area (Å²) in [5.74, 6) is 0.779. The van der Waals surface area contributed by atoms with Gasteiger partial charge in [-0.05, 0) is 31.0 Å². The van der Waals surface area contributed by atoms with E-state index in [0.717, 1.165) is 31.6 Å². The van der Waals surface area contributed by atoms with E-state index in [2.05, 4.69) is 25.2 Å². The number of hydrogen-bond acceptors (Lipinski definition) is 6. The van der Waals surface area contributed by atoms with Crippen LogP contribution in [-0.4, -0.2) is 45.9 Å². The highest BCUT2D eigenvalue weighted by Gasteiger charge is 2.40. The van der Waals surface area contributed by atoms with Crippen molar-refractivity contribution in [1.82, 2.24) is 15.0 Å². The van der Waals surface area contributed by atoms with Crippen molar-refractivity contribution >= 4 is 29.3 Å². The van der Waals surface area contributed by atoms with Crippen LogP contribution in [0.1, 0.15) is 36.7 Å². The fourth-order valence-electron chi connectivity index (χ4n) is 3.50. The average molecular weight is 352 g/mol. The van der Waals surface area contributed by atoms with Crippen molar-refractivity contribution in [1.29, 1.82) is 0 Å². The molecule has 2 amide bonds. The molecule has 0 aliphatic carbocycles. The number of carbonyl (C=O) groups is 2. The van der Waals surface area contributed by atoms with Crippen molar-refractivity contribution in [2.75, 3.05) is 28.2 Å². The molecule has 1 unspecified atom stereocenters. The SMILES string of the molecule is CCCC(=O)c1ccc2c(n1)N(C(=O)Nc1ncccn1)C1CCN2C1. The number of pyridine rings is 1. The van der Waals surface area contributed by atoms with E-state index in [1.807, 2.05) is 13.0 Å². The summed E-state index contributed by atoms with van der Waals surface area (Å²) < 4.78 is 0. The maximum absolute atomic E-state index is 12.9. The molecule has 2 aliphatic rings. The molecule has 1 atom stereocenters. The number of anilines is 3. The minimum Gasteiger partial charge on any atom is -0.366 e. The van der Waals surface area contributed by atoms with E-state index in [0.29, 0.717) is 17.9 Å². The van der Waals surface area contributed by atoms with Crippen LogP contribution in [0.5, 0.6) is 0 Å². The molecular formula is C18H20N6O2. The Labute approximate surface area is 151 Å². The van der Waals surface area contributed by atoms with Crippen LogP contribution in [0, 0.1) is 0 Å². The van der Waals surface area contributed by atoms with Gasteiger partial charge in [-0.3, -0.25) is 15.0 Å². The van der Waals surface area contributed by atoms with Crippen molar-refractivity contribution in [3.05, 3.63) is 36.3 Å². The first-order chi connectivity index (χ1) is 12.7. The molecule has 1 fully saturated rings. The van der Waals surface area contributed by atoms with Gasteiger partial charge in [0.2, 0.25) is 5.95 Å². The summed E-state index contributed by atoms with van der Waals surface area (Å²) >= 11 is 0. The van der Waals surface area contributed by atoms with Crippen LogP contribution in [0.4, 0.5) is 22.2 Å². The number of carbonyl (C=O) groups excluding carboxylic acids is 2. The Morgan fingerprint density at radius 1 is 1.27 bits per heavy atom. The van der Waals surface area contributed by atoms with Crippen molar-refractivity contribution in [3.63, 3.8) is 0 Å². The molecular weight excluding hydrogens is 332 g/mol. The third kappa shape index (κ3) is 2.87. The number of nitrogens with one attached hydrogen (secondary N) is 1. The third-order valence-electron chi connectivity index (χ3n) is 4.72. The van der Waals surface area contributed by atoms with Crippen LogP contribution in [0.25, 0.3) is 0 Å². The van der Waals surface area contributed by atoms with E-state index < -0.39 is 0 Å². The van der Waals surface area contributed by atoms with Gasteiger partial charge in [0.05, 0.1) is 11.7 Å². The van der Waals surface area contributed by atoms with Crippen molar-refractivity contribution < 1.29 is 9.59 Å². The van der Waals surface area contributed by atoms with Crippen molar-refractivity contribution in [3.8, 4) is 0 Å². The van der Waals surface area contributed by atoms with Crippen molar-refractivity contribution in [2.45, 2.75) is 32.2 Å². The molecule has 0 aromatic carbocycles. The molecule has 1 N–H and O–H groups in total. The van der Waals surface area contributed by atoms with Crippen LogP contribution in [0.15, 0.2) is 30.6 Å².